The molecule has 6 heterocycles. The van der Waals surface area contributed by atoms with Gasteiger partial charge in [-0.3, -0.25) is 0 Å². The largest absolute Gasteiger partial charge is 0.444 e. The second-order valence-corrected chi connectivity index (χ2v) is 8.78. The molecule has 33 heavy (non-hydrogen) atoms. The van der Waals surface area contributed by atoms with Crippen LogP contribution in [-0.4, -0.2) is 88.6 Å². The highest BCUT2D eigenvalue weighted by atomic mass is 32.3. The van der Waals surface area contributed by atoms with Crippen LogP contribution in [0, 0.1) is 0 Å². The van der Waals surface area contributed by atoms with Gasteiger partial charge >= 0.3 is 22.5 Å². The fraction of sp³-hybridized carbons (Fsp3) is 0.333. The van der Waals surface area contributed by atoms with Crippen LogP contribution in [0.3, 0.4) is 0 Å². The fourth-order valence-corrected chi connectivity index (χ4v) is 5.09. The summed E-state index contributed by atoms with van der Waals surface area (Å²) in [5.41, 5.74) is 1.11. The van der Waals surface area contributed by atoms with Crippen molar-refractivity contribution in [2.24, 2.45) is 0 Å². The van der Waals surface area contributed by atoms with Crippen LogP contribution < -0.4 is 0 Å². The molecule has 2 aromatic rings. The molecule has 0 saturated carbocycles. The Bertz CT molecular complexity index is 1180. The molecule has 4 amide bonds. The number of carbonyl (C=O) groups is 2. The number of aromatic nitrogens is 2. The summed E-state index contributed by atoms with van der Waals surface area (Å²) in [5.74, 6) is 0.777. The van der Waals surface area contributed by atoms with Gasteiger partial charge in [0.1, 0.15) is 12.1 Å². The number of amides is 4. The Morgan fingerprint density at radius 1 is 0.818 bits per heavy atom. The highest BCUT2D eigenvalue weighted by Gasteiger charge is 2.49. The monoisotopic (exact) mass is 476 g/mol. The fourth-order valence-electron chi connectivity index (χ4n) is 4.34. The summed E-state index contributed by atoms with van der Waals surface area (Å²) in [6.45, 7) is 0.884. The topological polar surface area (TPSA) is 152 Å². The Morgan fingerprint density at radius 2 is 1.27 bits per heavy atom. The lowest BCUT2D eigenvalue weighted by Gasteiger charge is -2.25. The van der Waals surface area contributed by atoms with Gasteiger partial charge in [0.05, 0.1) is 25.5 Å². The molecule has 4 aliphatic heterocycles. The Labute approximate surface area is 186 Å². The van der Waals surface area contributed by atoms with E-state index in [0.29, 0.717) is 32.8 Å². The Morgan fingerprint density at radius 3 is 1.67 bits per heavy atom. The van der Waals surface area contributed by atoms with Crippen LogP contribution in [-0.2, 0) is 19.0 Å². The minimum absolute atomic E-state index is 0.193. The van der Waals surface area contributed by atoms with Gasteiger partial charge in [-0.15, -0.1) is 8.57 Å². The van der Waals surface area contributed by atoms with E-state index in [0.717, 1.165) is 0 Å². The predicted molar refractivity (Wildman–Crippen MR) is 105 cm³/mol. The summed E-state index contributed by atoms with van der Waals surface area (Å²) in [6.07, 6.45) is 8.86. The molecule has 2 aromatic heterocycles. The highest BCUT2D eigenvalue weighted by molar-refractivity contribution is 7.81. The first kappa shape index (κ1) is 20.0. The molecule has 4 bridgehead atoms. The summed E-state index contributed by atoms with van der Waals surface area (Å²) < 4.78 is 46.4. The first-order valence-electron chi connectivity index (χ1n) is 9.89. The van der Waals surface area contributed by atoms with E-state index in [9.17, 15) is 18.0 Å². The molecule has 0 aliphatic carbocycles. The smallest absolute Gasteiger partial charge is 0.442 e. The van der Waals surface area contributed by atoms with Crippen molar-refractivity contribution in [3.63, 3.8) is 0 Å². The highest BCUT2D eigenvalue weighted by Crippen LogP contribution is 2.36. The molecule has 15 heteroatoms. The standard InChI is InChI=1S/C18H16N6O8S/c25-17-21-3-1-11(15-5-19-9-29-15)13(7-21)23(17)31-33(27,28)32-24-14-8-22(18(24)26)4-2-12(14)16-6-20-10-30-16/h1-2,5-6,9-10,13-14H,3-4,7-8H2. The lowest BCUT2D eigenvalue weighted by molar-refractivity contribution is -0.0704. The van der Waals surface area contributed by atoms with Crippen LogP contribution in [0.4, 0.5) is 9.59 Å². The number of nitrogens with zero attached hydrogens (tertiary/aromatic N) is 6. The van der Waals surface area contributed by atoms with E-state index < -0.39 is 34.5 Å². The number of oxazole rings is 2. The molecule has 6 rings (SSSR count). The lowest BCUT2D eigenvalue weighted by atomic mass is 10.0. The molecule has 0 radical (unpaired) electrons. The van der Waals surface area contributed by atoms with Gasteiger partial charge in [-0.05, 0) is 0 Å². The summed E-state index contributed by atoms with van der Waals surface area (Å²) in [5, 5.41) is 1.41. The van der Waals surface area contributed by atoms with E-state index in [4.69, 9.17) is 17.4 Å². The van der Waals surface area contributed by atoms with Crippen LogP contribution in [0.25, 0.3) is 11.1 Å². The van der Waals surface area contributed by atoms with E-state index in [2.05, 4.69) is 9.97 Å². The van der Waals surface area contributed by atoms with Crippen molar-refractivity contribution < 1.29 is 35.4 Å². The zero-order valence-electron chi connectivity index (χ0n) is 16.8. The van der Waals surface area contributed by atoms with Crippen molar-refractivity contribution in [1.29, 1.82) is 0 Å². The molecule has 2 atom stereocenters. The minimum Gasteiger partial charge on any atom is -0.444 e. The van der Waals surface area contributed by atoms with Crippen LogP contribution >= 0.6 is 0 Å². The van der Waals surface area contributed by atoms with Crippen LogP contribution in [0.1, 0.15) is 11.5 Å². The first-order chi connectivity index (χ1) is 15.9. The quantitative estimate of drug-likeness (QED) is 0.575. The number of fused-ring (bicyclic) bond motifs is 4. The second-order valence-electron chi connectivity index (χ2n) is 7.67. The van der Waals surface area contributed by atoms with Crippen molar-refractivity contribution in [3.8, 4) is 0 Å². The first-order valence-corrected chi connectivity index (χ1v) is 11.2. The van der Waals surface area contributed by atoms with Crippen LogP contribution in [0.5, 0.6) is 0 Å². The molecule has 0 spiro atoms. The van der Waals surface area contributed by atoms with Crippen molar-refractivity contribution in [2.75, 3.05) is 26.2 Å². The van der Waals surface area contributed by atoms with Gasteiger partial charge in [0.2, 0.25) is 0 Å². The Kier molecular flexibility index (Phi) is 4.33. The molecule has 4 aliphatic rings. The van der Waals surface area contributed by atoms with Gasteiger partial charge < -0.3 is 18.6 Å². The number of rotatable bonds is 6. The van der Waals surface area contributed by atoms with Gasteiger partial charge in [0.15, 0.2) is 24.3 Å². The number of hydroxylamine groups is 4. The van der Waals surface area contributed by atoms with Crippen molar-refractivity contribution >= 4 is 33.6 Å². The Hall–Kier alpha value is -3.69. The third kappa shape index (κ3) is 3.20. The van der Waals surface area contributed by atoms with Gasteiger partial charge in [0, 0.05) is 24.2 Å². The average molecular weight is 476 g/mol. The maximum atomic E-state index is 12.8. The van der Waals surface area contributed by atoms with Crippen molar-refractivity contribution in [2.45, 2.75) is 12.1 Å². The number of hydrogen-bond donors (Lipinski definition) is 0. The van der Waals surface area contributed by atoms with E-state index >= 15 is 0 Å². The van der Waals surface area contributed by atoms with Gasteiger partial charge in [-0.1, -0.05) is 12.2 Å². The maximum Gasteiger partial charge on any atom is 0.442 e. The third-order valence-corrected chi connectivity index (χ3v) is 6.52. The number of urea groups is 2. The zero-order valence-corrected chi connectivity index (χ0v) is 17.6. The van der Waals surface area contributed by atoms with Gasteiger partial charge in [-0.25, -0.2) is 19.6 Å². The SMILES string of the molecule is O=C1N2CC=C(c3cnco3)C(C2)N1OS(=O)(=O)ON1C(=O)N2CC=C(c3cnco3)C1C2. The molecule has 14 nitrogen and oxygen atoms in total. The summed E-state index contributed by atoms with van der Waals surface area (Å²) in [6, 6.07) is -2.84. The molecule has 0 aromatic carbocycles. The average Bonchev–Trinajstić information content (AvgIpc) is 3.60. The van der Waals surface area contributed by atoms with E-state index in [1.54, 1.807) is 12.2 Å². The molecule has 0 N–H and O–H groups in total. The summed E-state index contributed by atoms with van der Waals surface area (Å²) >= 11 is 0. The normalized spacial score (nSPS) is 24.6. The summed E-state index contributed by atoms with van der Waals surface area (Å²) in [4.78, 5) is 35.9. The van der Waals surface area contributed by atoms with E-state index in [-0.39, 0.29) is 26.2 Å². The summed E-state index contributed by atoms with van der Waals surface area (Å²) in [7, 11) is -4.87. The second kappa shape index (κ2) is 7.16. The lowest BCUT2D eigenvalue weighted by Crippen LogP contribution is -2.41. The molecule has 2 unspecified atom stereocenters. The zero-order chi connectivity index (χ0) is 22.7. The maximum absolute atomic E-state index is 12.8. The van der Waals surface area contributed by atoms with Crippen LogP contribution in [0.15, 0.2) is 46.2 Å². The van der Waals surface area contributed by atoms with Gasteiger partial charge in [0.25, 0.3) is 0 Å². The minimum atomic E-state index is -4.87. The van der Waals surface area contributed by atoms with E-state index in [1.165, 1.54) is 35.0 Å². The Balaban J connectivity index is 1.23. The number of carbonyl (C=O) groups excluding carboxylic acids is 2. The van der Waals surface area contributed by atoms with Crippen LogP contribution in [0.2, 0.25) is 0 Å². The molecule has 2 saturated heterocycles. The molecular weight excluding hydrogens is 460 g/mol. The third-order valence-electron chi connectivity index (χ3n) is 5.83. The number of hydrogen-bond acceptors (Lipinski definition) is 10. The molecular formula is C18H16N6O8S. The molecule has 2 fully saturated rings. The van der Waals surface area contributed by atoms with Crippen molar-refractivity contribution in [1.82, 2.24) is 29.9 Å². The van der Waals surface area contributed by atoms with Gasteiger partial charge in [-0.2, -0.15) is 18.5 Å². The molecule has 172 valence electrons. The van der Waals surface area contributed by atoms with E-state index in [1.807, 2.05) is 0 Å². The predicted octanol–water partition coefficient (Wildman–Crippen LogP) is 0.477. The van der Waals surface area contributed by atoms with Crippen molar-refractivity contribution in [3.05, 3.63) is 48.9 Å².